The van der Waals surface area contributed by atoms with Gasteiger partial charge < -0.3 is 19.6 Å². The second-order valence-electron chi connectivity index (χ2n) is 7.12. The Hall–Kier alpha value is -4.01. The largest absolute Gasteiger partial charge is 0.480 e. The van der Waals surface area contributed by atoms with Crippen molar-refractivity contribution in [3.05, 3.63) is 66.5 Å². The number of carbonyl (C=O) groups is 1. The highest BCUT2D eigenvalue weighted by Gasteiger charge is 2.22. The lowest BCUT2D eigenvalue weighted by molar-refractivity contribution is -0.110. The van der Waals surface area contributed by atoms with Gasteiger partial charge in [-0.25, -0.2) is 28.4 Å². The van der Waals surface area contributed by atoms with Crippen LogP contribution in [0.3, 0.4) is 0 Å². The van der Waals surface area contributed by atoms with Crippen LogP contribution in [-0.2, 0) is 31.0 Å². The Morgan fingerprint density at radius 2 is 1.78 bits per heavy atom. The first-order valence-electron chi connectivity index (χ1n) is 10.5. The molecular weight excluding hydrogens is 490 g/mol. The minimum Gasteiger partial charge on any atom is -0.480 e. The number of methoxy groups -OCH3 is 2. The zero-order chi connectivity index (χ0) is 26.0. The summed E-state index contributed by atoms with van der Waals surface area (Å²) in [5.41, 5.74) is 0.182. The number of sulfonamides is 1. The number of benzene rings is 1. The molecular formula is C22H25N7O6S. The number of oxime groups is 1. The van der Waals surface area contributed by atoms with E-state index >= 15 is 0 Å². The molecule has 3 rings (SSSR count). The first-order valence-corrected chi connectivity index (χ1v) is 12.0. The van der Waals surface area contributed by atoms with Crippen LogP contribution in [0.2, 0.25) is 0 Å². The van der Waals surface area contributed by atoms with Gasteiger partial charge in [0.15, 0.2) is 24.0 Å². The molecule has 0 atom stereocenters. The van der Waals surface area contributed by atoms with E-state index in [1.54, 1.807) is 18.5 Å². The smallest absolute Gasteiger partial charge is 0.279 e. The van der Waals surface area contributed by atoms with Gasteiger partial charge in [-0.05, 0) is 18.2 Å². The summed E-state index contributed by atoms with van der Waals surface area (Å²) in [4.78, 5) is 34.5. The van der Waals surface area contributed by atoms with Gasteiger partial charge in [-0.3, -0.25) is 4.79 Å². The van der Waals surface area contributed by atoms with Gasteiger partial charge in [-0.1, -0.05) is 17.3 Å². The first kappa shape index (κ1) is 26.6. The highest BCUT2D eigenvalue weighted by Crippen LogP contribution is 2.17. The summed E-state index contributed by atoms with van der Waals surface area (Å²) in [6.07, 6.45) is 5.76. The predicted molar refractivity (Wildman–Crippen MR) is 129 cm³/mol. The molecule has 14 heteroatoms. The van der Waals surface area contributed by atoms with Crippen molar-refractivity contribution in [2.24, 2.45) is 5.16 Å². The van der Waals surface area contributed by atoms with Crippen LogP contribution < -0.4 is 10.1 Å². The van der Waals surface area contributed by atoms with Gasteiger partial charge in [-0.2, -0.15) is 4.31 Å². The Balaban J connectivity index is 1.84. The number of anilines is 1. The number of aromatic nitrogens is 4. The molecule has 3 aromatic rings. The fraction of sp³-hybridized carbons (Fsp3) is 0.273. The van der Waals surface area contributed by atoms with Gasteiger partial charge >= 0.3 is 0 Å². The van der Waals surface area contributed by atoms with E-state index in [4.69, 9.17) is 14.3 Å². The monoisotopic (exact) mass is 515 g/mol. The van der Waals surface area contributed by atoms with Gasteiger partial charge in [0.2, 0.25) is 15.9 Å². The molecule has 0 radical (unpaired) electrons. The zero-order valence-corrected chi connectivity index (χ0v) is 20.7. The molecule has 2 heterocycles. The Bertz CT molecular complexity index is 1270. The summed E-state index contributed by atoms with van der Waals surface area (Å²) in [6, 6.07) is 7.33. The van der Waals surface area contributed by atoms with E-state index in [0.717, 1.165) is 0 Å². The molecule has 0 aliphatic rings. The number of likely N-dealkylation sites (N-methyl/N-ethyl adjacent to an activating group) is 1. The van der Waals surface area contributed by atoms with E-state index in [2.05, 4.69) is 30.4 Å². The number of rotatable bonds is 12. The maximum absolute atomic E-state index is 13.0. The third kappa shape index (κ3) is 7.00. The lowest BCUT2D eigenvalue weighted by atomic mass is 10.1. The van der Waals surface area contributed by atoms with Crippen molar-refractivity contribution < 1.29 is 27.5 Å². The molecule has 0 aliphatic heterocycles. The highest BCUT2D eigenvalue weighted by molar-refractivity contribution is 7.89. The first-order chi connectivity index (χ1) is 17.3. The standard InChI is InChI=1S/C22H25N7O6S/c1-29(11-12-33-2)36(31,32)17-7-5-16(6-8-17)21(28-35-15-19-23-9-4-10-24-19)22(30)27-18-13-26-20(34-3)14-25-18/h4-10,13-14H,11-12,15H2,1-3H3,(H,25,27,30)/b28-21+. The van der Waals surface area contributed by atoms with Crippen molar-refractivity contribution in [3.8, 4) is 5.88 Å². The second kappa shape index (κ2) is 12.6. The molecule has 0 fully saturated rings. The molecule has 36 heavy (non-hydrogen) atoms. The van der Waals surface area contributed by atoms with Gasteiger partial charge in [0, 0.05) is 38.7 Å². The third-order valence-electron chi connectivity index (χ3n) is 4.71. The number of amides is 1. The third-order valence-corrected chi connectivity index (χ3v) is 6.58. The number of nitrogens with one attached hydrogen (secondary N) is 1. The van der Waals surface area contributed by atoms with Crippen molar-refractivity contribution in [1.82, 2.24) is 24.2 Å². The minimum absolute atomic E-state index is 0.0456. The summed E-state index contributed by atoms with van der Waals surface area (Å²) < 4.78 is 36.6. The lowest BCUT2D eigenvalue weighted by Crippen LogP contribution is -2.30. The number of hydrogen-bond donors (Lipinski definition) is 1. The summed E-state index contributed by atoms with van der Waals surface area (Å²) in [5, 5.41) is 6.54. The molecule has 0 aliphatic carbocycles. The Labute approximate surface area is 208 Å². The van der Waals surface area contributed by atoms with E-state index in [1.807, 2.05) is 0 Å². The maximum atomic E-state index is 13.0. The number of hydrogen-bond acceptors (Lipinski definition) is 11. The molecule has 1 N–H and O–H groups in total. The SMILES string of the molecule is COCCN(C)S(=O)(=O)c1ccc(/C(=N\OCc2ncccn2)C(=O)Nc2cnc(OC)cn2)cc1. The maximum Gasteiger partial charge on any atom is 0.279 e. The molecule has 1 amide bonds. The van der Waals surface area contributed by atoms with E-state index in [-0.39, 0.29) is 42.1 Å². The Morgan fingerprint density at radius 1 is 1.06 bits per heavy atom. The second-order valence-corrected chi connectivity index (χ2v) is 9.17. The fourth-order valence-electron chi connectivity index (χ4n) is 2.75. The van der Waals surface area contributed by atoms with Crippen LogP contribution in [0, 0.1) is 0 Å². The van der Waals surface area contributed by atoms with Crippen molar-refractivity contribution in [1.29, 1.82) is 0 Å². The molecule has 0 unspecified atom stereocenters. The quantitative estimate of drug-likeness (QED) is 0.273. The molecule has 0 saturated heterocycles. The molecule has 2 aromatic heterocycles. The molecule has 0 bridgehead atoms. The van der Waals surface area contributed by atoms with E-state index in [9.17, 15) is 13.2 Å². The molecule has 190 valence electrons. The Morgan fingerprint density at radius 3 is 2.39 bits per heavy atom. The zero-order valence-electron chi connectivity index (χ0n) is 19.9. The average molecular weight is 516 g/mol. The molecule has 1 aromatic carbocycles. The summed E-state index contributed by atoms with van der Waals surface area (Å²) >= 11 is 0. The normalized spacial score (nSPS) is 11.8. The van der Waals surface area contributed by atoms with E-state index in [1.165, 1.54) is 62.2 Å². The van der Waals surface area contributed by atoms with E-state index in [0.29, 0.717) is 11.4 Å². The number of nitrogens with zero attached hydrogens (tertiary/aromatic N) is 6. The van der Waals surface area contributed by atoms with Gasteiger partial charge in [0.25, 0.3) is 5.91 Å². The summed E-state index contributed by atoms with van der Waals surface area (Å²) in [6.45, 7) is 0.353. The van der Waals surface area contributed by atoms with Crippen LogP contribution in [0.15, 0.2) is 65.2 Å². The lowest BCUT2D eigenvalue weighted by Gasteiger charge is -2.17. The topological polar surface area (TPSA) is 158 Å². The van der Waals surface area contributed by atoms with Crippen LogP contribution in [-0.4, -0.2) is 78.7 Å². The van der Waals surface area contributed by atoms with Crippen LogP contribution >= 0.6 is 0 Å². The molecule has 0 spiro atoms. The Kier molecular flexibility index (Phi) is 9.32. The summed E-state index contributed by atoms with van der Waals surface area (Å²) in [5.74, 6) is 0.137. The van der Waals surface area contributed by atoms with E-state index < -0.39 is 15.9 Å². The van der Waals surface area contributed by atoms with Crippen LogP contribution in [0.25, 0.3) is 0 Å². The fourth-order valence-corrected chi connectivity index (χ4v) is 3.91. The molecule has 13 nitrogen and oxygen atoms in total. The van der Waals surface area contributed by atoms with Crippen molar-refractivity contribution in [3.63, 3.8) is 0 Å². The van der Waals surface area contributed by atoms with Crippen molar-refractivity contribution >= 4 is 27.5 Å². The van der Waals surface area contributed by atoms with Crippen molar-refractivity contribution in [2.45, 2.75) is 11.5 Å². The predicted octanol–water partition coefficient (Wildman–Crippen LogP) is 1.10. The number of ether oxygens (including phenoxy) is 2. The van der Waals surface area contributed by atoms with Crippen LogP contribution in [0.1, 0.15) is 11.4 Å². The average Bonchev–Trinajstić information content (AvgIpc) is 2.90. The van der Waals surface area contributed by atoms with Crippen LogP contribution in [0.5, 0.6) is 5.88 Å². The van der Waals surface area contributed by atoms with Gasteiger partial charge in [0.05, 0.1) is 31.0 Å². The van der Waals surface area contributed by atoms with Gasteiger partial charge in [0.1, 0.15) is 0 Å². The van der Waals surface area contributed by atoms with Gasteiger partial charge in [-0.15, -0.1) is 0 Å². The number of carbonyl (C=O) groups excluding carboxylic acids is 1. The summed E-state index contributed by atoms with van der Waals surface area (Å²) in [7, 11) is 0.644. The van der Waals surface area contributed by atoms with Crippen LogP contribution in [0.4, 0.5) is 5.82 Å². The highest BCUT2D eigenvalue weighted by atomic mass is 32.2. The molecule has 0 saturated carbocycles. The van der Waals surface area contributed by atoms with Crippen molar-refractivity contribution in [2.75, 3.05) is 39.7 Å². The minimum atomic E-state index is -3.75.